The van der Waals surface area contributed by atoms with Gasteiger partial charge in [0.15, 0.2) is 5.13 Å². The summed E-state index contributed by atoms with van der Waals surface area (Å²) in [7, 11) is 0. The summed E-state index contributed by atoms with van der Waals surface area (Å²) in [6, 6.07) is 16.7. The normalized spacial score (nSPS) is 11.1. The van der Waals surface area contributed by atoms with E-state index in [0.29, 0.717) is 5.13 Å². The van der Waals surface area contributed by atoms with E-state index in [2.05, 4.69) is 53.6 Å². The molecule has 0 atom stereocenters. The molecule has 27 heavy (non-hydrogen) atoms. The average molecular weight is 393 g/mol. The van der Waals surface area contributed by atoms with Crippen molar-refractivity contribution in [2.45, 2.75) is 27.2 Å². The summed E-state index contributed by atoms with van der Waals surface area (Å²) in [5.41, 5.74) is 4.49. The maximum atomic E-state index is 13.0. The number of carbonyl (C=O) groups is 1. The molecule has 5 heteroatoms. The zero-order valence-electron chi connectivity index (χ0n) is 15.5. The summed E-state index contributed by atoms with van der Waals surface area (Å²) in [4.78, 5) is 19.4. The number of hydrogen-bond acceptors (Lipinski definition) is 4. The van der Waals surface area contributed by atoms with Gasteiger partial charge in [-0.3, -0.25) is 10.1 Å². The second kappa shape index (κ2) is 7.25. The molecule has 0 aliphatic carbocycles. The zero-order valence-corrected chi connectivity index (χ0v) is 17.1. The van der Waals surface area contributed by atoms with Gasteiger partial charge in [0.05, 0.1) is 10.6 Å². The lowest BCUT2D eigenvalue weighted by molar-refractivity contribution is 0.103. The minimum absolute atomic E-state index is 0.0768. The number of rotatable bonds is 4. The highest BCUT2D eigenvalue weighted by Gasteiger charge is 2.20. The van der Waals surface area contributed by atoms with E-state index in [9.17, 15) is 4.79 Å². The van der Waals surface area contributed by atoms with Crippen LogP contribution in [-0.2, 0) is 6.42 Å². The van der Waals surface area contributed by atoms with Gasteiger partial charge in [0, 0.05) is 9.58 Å². The largest absolute Gasteiger partial charge is 0.297 e. The Hall–Kier alpha value is -2.50. The van der Waals surface area contributed by atoms with Gasteiger partial charge in [-0.25, -0.2) is 4.98 Å². The van der Waals surface area contributed by atoms with Gasteiger partial charge in [-0.05, 0) is 49.8 Å². The van der Waals surface area contributed by atoms with Crippen molar-refractivity contribution in [3.05, 3.63) is 80.7 Å². The van der Waals surface area contributed by atoms with Gasteiger partial charge in [0.25, 0.3) is 5.91 Å². The molecule has 0 saturated heterocycles. The highest BCUT2D eigenvalue weighted by atomic mass is 32.1. The maximum Gasteiger partial charge on any atom is 0.267 e. The number of amides is 1. The van der Waals surface area contributed by atoms with Crippen LogP contribution < -0.4 is 5.32 Å². The quantitative estimate of drug-likeness (QED) is 0.454. The monoisotopic (exact) mass is 392 g/mol. The van der Waals surface area contributed by atoms with Crippen molar-refractivity contribution in [1.82, 2.24) is 4.98 Å². The highest BCUT2D eigenvalue weighted by Crippen LogP contribution is 2.34. The molecule has 4 aromatic rings. The van der Waals surface area contributed by atoms with E-state index >= 15 is 0 Å². The number of nitrogens with one attached hydrogen (secondary N) is 1. The number of nitrogens with zero attached hydrogens (tertiary/aromatic N) is 1. The van der Waals surface area contributed by atoms with Crippen LogP contribution in [0.4, 0.5) is 5.13 Å². The first kappa shape index (κ1) is 17.9. The SMILES string of the molecule is Cc1ccc(Cc2c(C(=O)Nc3nc(C)c(C)s3)sc3ccccc23)cc1. The standard InChI is InChI=1S/C22H20N2OS2/c1-13-8-10-16(11-9-13)12-18-17-6-4-5-7-19(17)27-20(18)21(25)24-22-23-14(2)15(3)26-22/h4-11H,12H2,1-3H3,(H,23,24,25). The summed E-state index contributed by atoms with van der Waals surface area (Å²) in [6.45, 7) is 6.06. The van der Waals surface area contributed by atoms with E-state index < -0.39 is 0 Å². The Kier molecular flexibility index (Phi) is 4.81. The number of benzene rings is 2. The highest BCUT2D eigenvalue weighted by molar-refractivity contribution is 7.21. The van der Waals surface area contributed by atoms with Gasteiger partial charge >= 0.3 is 0 Å². The smallest absolute Gasteiger partial charge is 0.267 e. The lowest BCUT2D eigenvalue weighted by Gasteiger charge is -2.06. The molecule has 2 heterocycles. The molecule has 0 aliphatic rings. The lowest BCUT2D eigenvalue weighted by atomic mass is 10.0. The Morgan fingerprint density at radius 2 is 1.74 bits per heavy atom. The number of thiophene rings is 1. The van der Waals surface area contributed by atoms with E-state index in [1.165, 1.54) is 22.5 Å². The van der Waals surface area contributed by atoms with Crippen molar-refractivity contribution in [2.24, 2.45) is 0 Å². The molecule has 1 amide bonds. The minimum atomic E-state index is -0.0768. The van der Waals surface area contributed by atoms with Crippen LogP contribution in [0.3, 0.4) is 0 Å². The van der Waals surface area contributed by atoms with Gasteiger partial charge in [-0.1, -0.05) is 48.0 Å². The van der Waals surface area contributed by atoms with Gasteiger partial charge in [-0.15, -0.1) is 22.7 Å². The fourth-order valence-electron chi connectivity index (χ4n) is 3.05. The molecule has 0 saturated carbocycles. The predicted octanol–water partition coefficient (Wildman–Crippen LogP) is 6.13. The van der Waals surface area contributed by atoms with Crippen LogP contribution in [0.25, 0.3) is 10.1 Å². The van der Waals surface area contributed by atoms with Gasteiger partial charge < -0.3 is 0 Å². The zero-order chi connectivity index (χ0) is 19.0. The Bertz CT molecular complexity index is 1100. The summed E-state index contributed by atoms with van der Waals surface area (Å²) in [6.07, 6.45) is 0.739. The Morgan fingerprint density at radius 3 is 2.44 bits per heavy atom. The molecule has 0 unspecified atom stereocenters. The van der Waals surface area contributed by atoms with Crippen LogP contribution in [0, 0.1) is 20.8 Å². The predicted molar refractivity (Wildman–Crippen MR) is 115 cm³/mol. The van der Waals surface area contributed by atoms with E-state index in [0.717, 1.165) is 37.5 Å². The third-order valence-electron chi connectivity index (χ3n) is 4.66. The van der Waals surface area contributed by atoms with Crippen LogP contribution >= 0.6 is 22.7 Å². The van der Waals surface area contributed by atoms with E-state index in [-0.39, 0.29) is 5.91 Å². The van der Waals surface area contributed by atoms with Crippen molar-refractivity contribution in [3.8, 4) is 0 Å². The topological polar surface area (TPSA) is 42.0 Å². The summed E-state index contributed by atoms with van der Waals surface area (Å²) in [5, 5.41) is 4.81. The molecule has 136 valence electrons. The molecule has 1 N–H and O–H groups in total. The van der Waals surface area contributed by atoms with Crippen molar-refractivity contribution in [1.29, 1.82) is 0 Å². The molecule has 2 aromatic carbocycles. The molecule has 4 rings (SSSR count). The number of thiazole rings is 1. The molecule has 0 fully saturated rings. The molecule has 2 aromatic heterocycles. The summed E-state index contributed by atoms with van der Waals surface area (Å²) in [5.74, 6) is -0.0768. The second-order valence-electron chi connectivity index (χ2n) is 6.68. The fraction of sp³-hybridized carbons (Fsp3) is 0.182. The Morgan fingerprint density at radius 1 is 1.00 bits per heavy atom. The summed E-state index contributed by atoms with van der Waals surface area (Å²) >= 11 is 3.07. The number of aryl methyl sites for hydroxylation is 3. The van der Waals surface area contributed by atoms with Crippen molar-refractivity contribution >= 4 is 43.8 Å². The molecule has 0 aliphatic heterocycles. The maximum absolute atomic E-state index is 13.0. The van der Waals surface area contributed by atoms with Crippen molar-refractivity contribution in [3.63, 3.8) is 0 Å². The lowest BCUT2D eigenvalue weighted by Crippen LogP contribution is -2.12. The molecule has 0 radical (unpaired) electrons. The van der Waals surface area contributed by atoms with E-state index in [4.69, 9.17) is 0 Å². The van der Waals surface area contributed by atoms with Gasteiger partial charge in [-0.2, -0.15) is 0 Å². The minimum Gasteiger partial charge on any atom is -0.297 e. The fourth-order valence-corrected chi connectivity index (χ4v) is 4.97. The number of hydrogen-bond donors (Lipinski definition) is 1. The Balaban J connectivity index is 1.72. The third-order valence-corrected chi connectivity index (χ3v) is 6.86. The van der Waals surface area contributed by atoms with Crippen LogP contribution in [0.5, 0.6) is 0 Å². The van der Waals surface area contributed by atoms with E-state index in [1.807, 2.05) is 26.0 Å². The third kappa shape index (κ3) is 3.66. The number of aromatic nitrogens is 1. The van der Waals surface area contributed by atoms with Gasteiger partial charge in [0.2, 0.25) is 0 Å². The first-order valence-corrected chi connectivity index (χ1v) is 10.5. The van der Waals surface area contributed by atoms with Crippen molar-refractivity contribution in [2.75, 3.05) is 5.32 Å². The number of carbonyl (C=O) groups excluding carboxylic acids is 1. The number of anilines is 1. The molecule has 0 bridgehead atoms. The van der Waals surface area contributed by atoms with Crippen molar-refractivity contribution < 1.29 is 4.79 Å². The van der Waals surface area contributed by atoms with Crippen LogP contribution in [0.15, 0.2) is 48.5 Å². The summed E-state index contributed by atoms with van der Waals surface area (Å²) < 4.78 is 1.14. The number of fused-ring (bicyclic) bond motifs is 1. The molecule has 0 spiro atoms. The van der Waals surface area contributed by atoms with Crippen LogP contribution in [-0.4, -0.2) is 10.9 Å². The van der Waals surface area contributed by atoms with Gasteiger partial charge in [0.1, 0.15) is 0 Å². The first-order valence-electron chi connectivity index (χ1n) is 8.82. The molecule has 3 nitrogen and oxygen atoms in total. The second-order valence-corrected chi connectivity index (χ2v) is 8.94. The average Bonchev–Trinajstić information content (AvgIpc) is 3.17. The molecular weight excluding hydrogens is 372 g/mol. The van der Waals surface area contributed by atoms with E-state index in [1.54, 1.807) is 11.3 Å². The molecular formula is C22H20N2OS2. The van der Waals surface area contributed by atoms with Crippen LogP contribution in [0.1, 0.15) is 36.9 Å². The Labute approximate surface area is 166 Å². The van der Waals surface area contributed by atoms with Crippen LogP contribution in [0.2, 0.25) is 0 Å². The first-order chi connectivity index (χ1) is 13.0.